The van der Waals surface area contributed by atoms with Crippen LogP contribution in [-0.2, 0) is 0 Å². The predicted molar refractivity (Wildman–Crippen MR) is 109 cm³/mol. The van der Waals surface area contributed by atoms with E-state index in [9.17, 15) is 10.2 Å². The van der Waals surface area contributed by atoms with Gasteiger partial charge in [-0.05, 0) is 69.6 Å². The molecular weight excluding hydrogens is 362 g/mol. The highest BCUT2D eigenvalue weighted by Gasteiger charge is 2.33. The van der Waals surface area contributed by atoms with Gasteiger partial charge < -0.3 is 20.1 Å². The number of benzene rings is 1. The van der Waals surface area contributed by atoms with Crippen molar-refractivity contribution in [1.29, 1.82) is 0 Å². The third-order valence-electron chi connectivity index (χ3n) is 6.50. The lowest BCUT2D eigenvalue weighted by atomic mass is 9.86. The predicted octanol–water partition coefficient (Wildman–Crippen LogP) is 2.67. The first-order valence-electron chi connectivity index (χ1n) is 10.1. The Morgan fingerprint density at radius 2 is 2.00 bits per heavy atom. The van der Waals surface area contributed by atoms with E-state index in [0.717, 1.165) is 60.4 Å². The molecule has 0 amide bonds. The number of rotatable bonds is 4. The SMILES string of the molecule is CN1CCC(C(O)CN2CCC(c3c[nH]c4cccc(Cl)c34)C(O)C2)CC1. The maximum absolute atomic E-state index is 10.8. The van der Waals surface area contributed by atoms with E-state index in [4.69, 9.17) is 11.6 Å². The Kier molecular flexibility index (Phi) is 5.76. The van der Waals surface area contributed by atoms with Gasteiger partial charge in [-0.25, -0.2) is 0 Å². The zero-order valence-electron chi connectivity index (χ0n) is 15.9. The number of β-amino-alcohol motifs (C(OH)–C–C–N with tert-alkyl or cyclic N) is 2. The van der Waals surface area contributed by atoms with E-state index in [2.05, 4.69) is 21.8 Å². The Morgan fingerprint density at radius 3 is 2.74 bits per heavy atom. The van der Waals surface area contributed by atoms with E-state index in [0.29, 0.717) is 19.0 Å². The molecule has 3 atom stereocenters. The molecule has 1 aromatic heterocycles. The zero-order chi connectivity index (χ0) is 19.0. The van der Waals surface area contributed by atoms with Crippen molar-refractivity contribution in [3.05, 3.63) is 35.0 Å². The first-order chi connectivity index (χ1) is 13.0. The molecule has 2 aliphatic heterocycles. The van der Waals surface area contributed by atoms with Crippen LogP contribution in [0.25, 0.3) is 10.9 Å². The van der Waals surface area contributed by atoms with Gasteiger partial charge >= 0.3 is 0 Å². The standard InChI is InChI=1S/C21H30ClN3O2/c1-24-8-5-14(6-9-24)19(26)12-25-10-7-15(20(27)13-25)16-11-23-18-4-2-3-17(22)21(16)18/h2-4,11,14-15,19-20,23,26-27H,5-10,12-13H2,1H3. The zero-order valence-corrected chi connectivity index (χ0v) is 16.7. The molecule has 0 spiro atoms. The van der Waals surface area contributed by atoms with Crippen molar-refractivity contribution in [1.82, 2.24) is 14.8 Å². The smallest absolute Gasteiger partial charge is 0.0736 e. The van der Waals surface area contributed by atoms with Gasteiger partial charge in [0.1, 0.15) is 0 Å². The molecule has 3 N–H and O–H groups in total. The lowest BCUT2D eigenvalue weighted by Crippen LogP contribution is -2.48. The second-order valence-corrected chi connectivity index (χ2v) is 8.74. The fourth-order valence-corrected chi connectivity index (χ4v) is 5.09. The molecule has 0 aliphatic carbocycles. The Morgan fingerprint density at radius 1 is 1.22 bits per heavy atom. The molecule has 0 bridgehead atoms. The van der Waals surface area contributed by atoms with Gasteiger partial charge in [-0.15, -0.1) is 0 Å². The number of aromatic amines is 1. The molecule has 3 unspecified atom stereocenters. The molecule has 6 heteroatoms. The van der Waals surface area contributed by atoms with Crippen LogP contribution in [0.3, 0.4) is 0 Å². The molecule has 2 saturated heterocycles. The maximum atomic E-state index is 10.8. The average Bonchev–Trinajstić information content (AvgIpc) is 3.08. The normalized spacial score (nSPS) is 27.3. The topological polar surface area (TPSA) is 62.7 Å². The number of aliphatic hydroxyl groups excluding tert-OH is 2. The second-order valence-electron chi connectivity index (χ2n) is 8.34. The van der Waals surface area contributed by atoms with Crippen LogP contribution in [0.5, 0.6) is 0 Å². The molecule has 5 nitrogen and oxygen atoms in total. The minimum absolute atomic E-state index is 0.0790. The van der Waals surface area contributed by atoms with Crippen molar-refractivity contribution < 1.29 is 10.2 Å². The van der Waals surface area contributed by atoms with Gasteiger partial charge in [0.05, 0.1) is 17.2 Å². The number of H-pyrrole nitrogens is 1. The van der Waals surface area contributed by atoms with Gasteiger partial charge in [-0.3, -0.25) is 4.90 Å². The number of piperidine rings is 2. The number of aromatic nitrogens is 1. The number of halogens is 1. The van der Waals surface area contributed by atoms with E-state index < -0.39 is 6.10 Å². The Balaban J connectivity index is 1.39. The number of aliphatic hydroxyl groups is 2. The third kappa shape index (κ3) is 4.03. The van der Waals surface area contributed by atoms with E-state index in [1.54, 1.807) is 0 Å². The van der Waals surface area contributed by atoms with Crippen molar-refractivity contribution in [3.8, 4) is 0 Å². The summed E-state index contributed by atoms with van der Waals surface area (Å²) >= 11 is 6.42. The van der Waals surface area contributed by atoms with Crippen molar-refractivity contribution in [2.24, 2.45) is 5.92 Å². The molecule has 2 aromatic rings. The van der Waals surface area contributed by atoms with E-state index in [1.165, 1.54) is 0 Å². The van der Waals surface area contributed by atoms with Crippen LogP contribution in [0.1, 0.15) is 30.7 Å². The number of nitrogens with one attached hydrogen (secondary N) is 1. The van der Waals surface area contributed by atoms with Crippen LogP contribution in [-0.4, -0.2) is 77.0 Å². The monoisotopic (exact) mass is 391 g/mol. The van der Waals surface area contributed by atoms with Gasteiger partial charge in [0.2, 0.25) is 0 Å². The first kappa shape index (κ1) is 19.2. The molecule has 27 heavy (non-hydrogen) atoms. The minimum Gasteiger partial charge on any atom is -0.392 e. The van der Waals surface area contributed by atoms with Crippen molar-refractivity contribution in [3.63, 3.8) is 0 Å². The highest BCUT2D eigenvalue weighted by molar-refractivity contribution is 6.35. The molecule has 2 aliphatic rings. The molecule has 3 heterocycles. The Hall–Kier alpha value is -1.11. The Bertz CT molecular complexity index is 772. The summed E-state index contributed by atoms with van der Waals surface area (Å²) in [6.07, 6.45) is 4.24. The summed E-state index contributed by atoms with van der Waals surface area (Å²) in [5, 5.41) is 23.3. The van der Waals surface area contributed by atoms with Gasteiger partial charge in [-0.1, -0.05) is 17.7 Å². The summed E-state index contributed by atoms with van der Waals surface area (Å²) in [6, 6.07) is 5.86. The molecule has 4 rings (SSSR count). The van der Waals surface area contributed by atoms with Crippen LogP contribution in [0, 0.1) is 5.92 Å². The number of nitrogens with zero attached hydrogens (tertiary/aromatic N) is 2. The van der Waals surface area contributed by atoms with Crippen LogP contribution < -0.4 is 0 Å². The molecule has 1 aromatic carbocycles. The second kappa shape index (κ2) is 8.10. The summed E-state index contributed by atoms with van der Waals surface area (Å²) in [7, 11) is 2.14. The van der Waals surface area contributed by atoms with E-state index in [-0.39, 0.29) is 12.0 Å². The average molecular weight is 392 g/mol. The molecule has 0 saturated carbocycles. The number of hydrogen-bond acceptors (Lipinski definition) is 4. The summed E-state index contributed by atoms with van der Waals surface area (Å²) in [5.74, 6) is 0.457. The minimum atomic E-state index is -0.446. The van der Waals surface area contributed by atoms with Gasteiger partial charge in [0.25, 0.3) is 0 Å². The molecule has 2 fully saturated rings. The summed E-state index contributed by atoms with van der Waals surface area (Å²) in [6.45, 7) is 4.28. The van der Waals surface area contributed by atoms with Crippen LogP contribution in [0.15, 0.2) is 24.4 Å². The fourth-order valence-electron chi connectivity index (χ4n) is 4.81. The highest BCUT2D eigenvalue weighted by Crippen LogP contribution is 2.36. The quantitative estimate of drug-likeness (QED) is 0.749. The van der Waals surface area contributed by atoms with Crippen LogP contribution in [0.4, 0.5) is 0 Å². The molecule has 0 radical (unpaired) electrons. The van der Waals surface area contributed by atoms with Gasteiger partial charge in [-0.2, -0.15) is 0 Å². The van der Waals surface area contributed by atoms with Gasteiger partial charge in [0, 0.05) is 36.1 Å². The fraction of sp³-hybridized carbons (Fsp3) is 0.619. The number of hydrogen-bond donors (Lipinski definition) is 3. The van der Waals surface area contributed by atoms with Crippen molar-refractivity contribution in [2.45, 2.75) is 37.4 Å². The first-order valence-corrected chi connectivity index (χ1v) is 10.4. The summed E-state index contributed by atoms with van der Waals surface area (Å²) < 4.78 is 0. The van der Waals surface area contributed by atoms with E-state index >= 15 is 0 Å². The van der Waals surface area contributed by atoms with Gasteiger partial charge in [0.15, 0.2) is 0 Å². The number of fused-ring (bicyclic) bond motifs is 1. The number of likely N-dealkylation sites (tertiary alicyclic amines) is 2. The third-order valence-corrected chi connectivity index (χ3v) is 6.82. The van der Waals surface area contributed by atoms with Crippen molar-refractivity contribution in [2.75, 3.05) is 39.8 Å². The van der Waals surface area contributed by atoms with Crippen LogP contribution in [0.2, 0.25) is 5.02 Å². The lowest BCUT2D eigenvalue weighted by molar-refractivity contribution is -0.000850. The summed E-state index contributed by atoms with van der Waals surface area (Å²) in [4.78, 5) is 7.83. The largest absolute Gasteiger partial charge is 0.392 e. The van der Waals surface area contributed by atoms with Crippen LogP contribution >= 0.6 is 11.6 Å². The van der Waals surface area contributed by atoms with Crippen molar-refractivity contribution >= 4 is 22.5 Å². The molecular formula is C21H30ClN3O2. The highest BCUT2D eigenvalue weighted by atomic mass is 35.5. The summed E-state index contributed by atoms with van der Waals surface area (Å²) in [5.41, 5.74) is 2.13. The maximum Gasteiger partial charge on any atom is 0.0736 e. The lowest BCUT2D eigenvalue weighted by Gasteiger charge is -2.39. The molecule has 148 valence electrons. The Labute approximate surface area is 165 Å². The van der Waals surface area contributed by atoms with E-state index in [1.807, 2.05) is 24.4 Å².